The summed E-state index contributed by atoms with van der Waals surface area (Å²) in [5, 5.41) is 5.84. The second kappa shape index (κ2) is 7.80. The number of carbonyl (C=O) groups excluding carboxylic acids is 1. The van der Waals surface area contributed by atoms with E-state index in [0.717, 1.165) is 22.2 Å². The fraction of sp³-hybridized carbons (Fsp3) is 0.200. The SMILES string of the molecule is COC(=O)/C=C/c1nn(Cc2ccc(F)cc2Cl)c2cc(N(C)C)ccc12. The molecule has 3 aromatic rings. The highest BCUT2D eigenvalue weighted by Gasteiger charge is 2.13. The average molecular weight is 388 g/mol. The third-order valence-electron chi connectivity index (χ3n) is 4.19. The Morgan fingerprint density at radius 2 is 2.07 bits per heavy atom. The number of ether oxygens (including phenoxy) is 1. The Morgan fingerprint density at radius 1 is 1.30 bits per heavy atom. The van der Waals surface area contributed by atoms with Crippen LogP contribution in [0.1, 0.15) is 11.3 Å². The van der Waals surface area contributed by atoms with E-state index in [1.54, 1.807) is 16.8 Å². The lowest BCUT2D eigenvalue weighted by molar-refractivity contribution is -0.134. The second-order valence-electron chi connectivity index (χ2n) is 6.23. The van der Waals surface area contributed by atoms with Crippen LogP contribution in [-0.4, -0.2) is 37.0 Å². The molecule has 0 N–H and O–H groups in total. The molecule has 0 saturated carbocycles. The Balaban J connectivity index is 2.10. The molecule has 1 aromatic heterocycles. The Bertz CT molecular complexity index is 1030. The highest BCUT2D eigenvalue weighted by molar-refractivity contribution is 6.31. The minimum absolute atomic E-state index is 0.342. The molecular formula is C20H19ClFN3O2. The molecule has 3 rings (SSSR count). The maximum atomic E-state index is 13.3. The maximum Gasteiger partial charge on any atom is 0.330 e. The van der Waals surface area contributed by atoms with Crippen molar-refractivity contribution in [3.8, 4) is 0 Å². The van der Waals surface area contributed by atoms with Crippen LogP contribution in [-0.2, 0) is 16.1 Å². The van der Waals surface area contributed by atoms with Gasteiger partial charge in [-0.3, -0.25) is 4.68 Å². The van der Waals surface area contributed by atoms with Crippen molar-refractivity contribution in [3.63, 3.8) is 0 Å². The monoisotopic (exact) mass is 387 g/mol. The lowest BCUT2D eigenvalue weighted by Crippen LogP contribution is -2.09. The number of hydrogen-bond acceptors (Lipinski definition) is 4. The number of hydrogen-bond donors (Lipinski definition) is 0. The zero-order chi connectivity index (χ0) is 19.6. The average Bonchev–Trinajstić information content (AvgIpc) is 2.99. The van der Waals surface area contributed by atoms with Gasteiger partial charge in [0.25, 0.3) is 0 Å². The van der Waals surface area contributed by atoms with Gasteiger partial charge in [-0.25, -0.2) is 9.18 Å². The number of methoxy groups -OCH3 is 1. The van der Waals surface area contributed by atoms with Gasteiger partial charge in [0.15, 0.2) is 0 Å². The van der Waals surface area contributed by atoms with Crippen LogP contribution in [0.4, 0.5) is 10.1 Å². The van der Waals surface area contributed by atoms with E-state index in [2.05, 4.69) is 9.84 Å². The van der Waals surface area contributed by atoms with Gasteiger partial charge in [-0.2, -0.15) is 5.10 Å². The maximum absolute atomic E-state index is 13.3. The highest BCUT2D eigenvalue weighted by atomic mass is 35.5. The van der Waals surface area contributed by atoms with Gasteiger partial charge < -0.3 is 9.64 Å². The predicted octanol–water partition coefficient (Wildman–Crippen LogP) is 4.13. The van der Waals surface area contributed by atoms with E-state index >= 15 is 0 Å². The molecule has 27 heavy (non-hydrogen) atoms. The van der Waals surface area contributed by atoms with Crippen LogP contribution in [0.2, 0.25) is 5.02 Å². The number of nitrogens with zero attached hydrogens (tertiary/aromatic N) is 3. The van der Waals surface area contributed by atoms with Crippen molar-refractivity contribution in [1.82, 2.24) is 9.78 Å². The minimum atomic E-state index is -0.454. The number of fused-ring (bicyclic) bond motifs is 1. The Labute approximate surface area is 161 Å². The highest BCUT2D eigenvalue weighted by Crippen LogP contribution is 2.27. The summed E-state index contributed by atoms with van der Waals surface area (Å²) in [4.78, 5) is 13.4. The van der Waals surface area contributed by atoms with E-state index in [0.29, 0.717) is 17.3 Å². The zero-order valence-electron chi connectivity index (χ0n) is 15.2. The van der Waals surface area contributed by atoms with E-state index in [1.807, 2.05) is 37.2 Å². The van der Waals surface area contributed by atoms with Crippen molar-refractivity contribution in [3.05, 3.63) is 64.6 Å². The first-order chi connectivity index (χ1) is 12.9. The predicted molar refractivity (Wildman–Crippen MR) is 106 cm³/mol. The summed E-state index contributed by atoms with van der Waals surface area (Å²) in [5.41, 5.74) is 3.28. The molecule has 140 valence electrons. The molecule has 5 nitrogen and oxygen atoms in total. The molecule has 0 radical (unpaired) electrons. The van der Waals surface area contributed by atoms with Crippen LogP contribution in [0.5, 0.6) is 0 Å². The van der Waals surface area contributed by atoms with Crippen molar-refractivity contribution in [1.29, 1.82) is 0 Å². The van der Waals surface area contributed by atoms with Crippen molar-refractivity contribution in [2.45, 2.75) is 6.54 Å². The molecule has 0 fully saturated rings. The van der Waals surface area contributed by atoms with Crippen LogP contribution in [0, 0.1) is 5.82 Å². The zero-order valence-corrected chi connectivity index (χ0v) is 16.0. The number of benzene rings is 2. The molecule has 0 aliphatic carbocycles. The number of esters is 1. The van der Waals surface area contributed by atoms with Crippen LogP contribution in [0.25, 0.3) is 17.0 Å². The molecule has 0 aliphatic heterocycles. The number of aromatic nitrogens is 2. The van der Waals surface area contributed by atoms with Gasteiger partial charge in [0.1, 0.15) is 5.82 Å². The molecule has 0 unspecified atom stereocenters. The Morgan fingerprint density at radius 3 is 2.74 bits per heavy atom. The first-order valence-corrected chi connectivity index (χ1v) is 8.64. The van der Waals surface area contributed by atoms with Gasteiger partial charge in [-0.15, -0.1) is 0 Å². The summed E-state index contributed by atoms with van der Waals surface area (Å²) in [6, 6.07) is 10.2. The number of anilines is 1. The lowest BCUT2D eigenvalue weighted by atomic mass is 10.1. The summed E-state index contributed by atoms with van der Waals surface area (Å²) < 4.78 is 19.8. The van der Waals surface area contributed by atoms with Gasteiger partial charge in [-0.1, -0.05) is 17.7 Å². The Hall–Kier alpha value is -2.86. The summed E-state index contributed by atoms with van der Waals surface area (Å²) in [7, 11) is 5.23. The lowest BCUT2D eigenvalue weighted by Gasteiger charge is -2.13. The van der Waals surface area contributed by atoms with E-state index in [-0.39, 0.29) is 5.82 Å². The van der Waals surface area contributed by atoms with E-state index in [1.165, 1.54) is 25.3 Å². The molecule has 0 saturated heterocycles. The fourth-order valence-electron chi connectivity index (χ4n) is 2.74. The summed E-state index contributed by atoms with van der Waals surface area (Å²) in [5.74, 6) is -0.838. The topological polar surface area (TPSA) is 47.4 Å². The number of carbonyl (C=O) groups is 1. The van der Waals surface area contributed by atoms with Gasteiger partial charge in [0, 0.05) is 36.3 Å². The van der Waals surface area contributed by atoms with E-state index in [4.69, 9.17) is 11.6 Å². The summed E-state index contributed by atoms with van der Waals surface area (Å²) >= 11 is 6.18. The number of rotatable bonds is 5. The first-order valence-electron chi connectivity index (χ1n) is 8.27. The normalized spacial score (nSPS) is 11.3. The molecule has 0 atom stereocenters. The smallest absolute Gasteiger partial charge is 0.330 e. The number of halogens is 2. The first kappa shape index (κ1) is 18.9. The summed E-state index contributed by atoms with van der Waals surface area (Å²) in [6.45, 7) is 0.374. The third-order valence-corrected chi connectivity index (χ3v) is 4.55. The molecule has 0 amide bonds. The molecule has 7 heteroatoms. The second-order valence-corrected chi connectivity index (χ2v) is 6.64. The van der Waals surface area contributed by atoms with Crippen molar-refractivity contribution >= 4 is 40.2 Å². The molecule has 0 aliphatic rings. The van der Waals surface area contributed by atoms with Crippen molar-refractivity contribution in [2.75, 3.05) is 26.1 Å². The molecule has 1 heterocycles. The Kier molecular flexibility index (Phi) is 5.46. The molecular weight excluding hydrogens is 369 g/mol. The van der Waals surface area contributed by atoms with Crippen LogP contribution in [0.3, 0.4) is 0 Å². The van der Waals surface area contributed by atoms with E-state index < -0.39 is 5.97 Å². The van der Waals surface area contributed by atoms with Crippen molar-refractivity contribution < 1.29 is 13.9 Å². The molecule has 2 aromatic carbocycles. The van der Waals surface area contributed by atoms with Crippen LogP contribution in [0.15, 0.2) is 42.5 Å². The fourth-order valence-corrected chi connectivity index (χ4v) is 2.96. The van der Waals surface area contributed by atoms with Crippen LogP contribution >= 0.6 is 11.6 Å². The van der Waals surface area contributed by atoms with Gasteiger partial charge in [0.2, 0.25) is 0 Å². The molecule has 0 bridgehead atoms. The van der Waals surface area contributed by atoms with Gasteiger partial charge >= 0.3 is 5.97 Å². The minimum Gasteiger partial charge on any atom is -0.466 e. The van der Waals surface area contributed by atoms with E-state index in [9.17, 15) is 9.18 Å². The third kappa shape index (κ3) is 4.11. The van der Waals surface area contributed by atoms with Gasteiger partial charge in [0.05, 0.1) is 24.9 Å². The largest absolute Gasteiger partial charge is 0.466 e. The summed E-state index contributed by atoms with van der Waals surface area (Å²) in [6.07, 6.45) is 2.95. The van der Waals surface area contributed by atoms with Gasteiger partial charge in [-0.05, 0) is 42.0 Å². The quantitative estimate of drug-likeness (QED) is 0.488. The van der Waals surface area contributed by atoms with Crippen molar-refractivity contribution in [2.24, 2.45) is 0 Å². The van der Waals surface area contributed by atoms with Crippen LogP contribution < -0.4 is 4.90 Å². The molecule has 0 spiro atoms. The standard InChI is InChI=1S/C20H19ClFN3O2/c1-24(2)15-6-7-16-18(8-9-20(26)27-3)23-25(19(16)11-15)12-13-4-5-14(22)10-17(13)21/h4-11H,12H2,1-3H3/b9-8+.